The van der Waals surface area contributed by atoms with E-state index >= 15 is 0 Å². The Morgan fingerprint density at radius 2 is 2.10 bits per heavy atom. The predicted octanol–water partition coefficient (Wildman–Crippen LogP) is 2.78. The number of rotatable bonds is 4. The summed E-state index contributed by atoms with van der Waals surface area (Å²) >= 11 is 0. The summed E-state index contributed by atoms with van der Waals surface area (Å²) < 4.78 is 27.8. The average Bonchev–Trinajstić information content (AvgIpc) is 2.85. The molecule has 0 bridgehead atoms. The predicted molar refractivity (Wildman–Crippen MR) is 76.1 cm³/mol. The van der Waals surface area contributed by atoms with E-state index in [1.807, 2.05) is 0 Å². The summed E-state index contributed by atoms with van der Waals surface area (Å²) in [5.74, 6) is 0.367. The first kappa shape index (κ1) is 14.4. The molecule has 6 heteroatoms. The monoisotopic (exact) mass is 295 g/mol. The molecular weight excluding hydrogens is 276 g/mol. The normalized spacial score (nSPS) is 20.5. The van der Waals surface area contributed by atoms with Crippen molar-refractivity contribution >= 4 is 11.0 Å². The lowest BCUT2D eigenvalue weighted by molar-refractivity contribution is 0.0555. The van der Waals surface area contributed by atoms with Crippen molar-refractivity contribution in [2.45, 2.75) is 38.4 Å². The van der Waals surface area contributed by atoms with Gasteiger partial charge >= 0.3 is 6.55 Å². The number of hydrogen-bond donors (Lipinski definition) is 1. The van der Waals surface area contributed by atoms with Crippen molar-refractivity contribution in [2.24, 2.45) is 0 Å². The Hall–Kier alpha value is -1.53. The zero-order valence-electron chi connectivity index (χ0n) is 11.8. The van der Waals surface area contributed by atoms with Crippen LogP contribution in [0.5, 0.6) is 0 Å². The van der Waals surface area contributed by atoms with Gasteiger partial charge in [0.15, 0.2) is 0 Å². The third-order valence-electron chi connectivity index (χ3n) is 4.17. The summed E-state index contributed by atoms with van der Waals surface area (Å²) in [5, 5.41) is 9.44. The number of alkyl halides is 2. The molecule has 1 aliphatic heterocycles. The number of para-hydroxylation sites is 2. The van der Waals surface area contributed by atoms with Crippen LogP contribution in [0.3, 0.4) is 0 Å². The maximum atomic E-state index is 13.4. The fraction of sp³-hybridized carbons (Fsp3) is 0.533. The first-order valence-corrected chi connectivity index (χ1v) is 7.29. The maximum Gasteiger partial charge on any atom is 0.320 e. The Bertz CT molecular complexity index is 614. The number of hydrogen-bond acceptors (Lipinski definition) is 3. The second kappa shape index (κ2) is 6.07. The molecule has 21 heavy (non-hydrogen) atoms. The van der Waals surface area contributed by atoms with Gasteiger partial charge in [-0.2, -0.15) is 8.78 Å². The smallest absolute Gasteiger partial charge is 0.320 e. The van der Waals surface area contributed by atoms with Crippen LogP contribution >= 0.6 is 0 Å². The largest absolute Gasteiger partial charge is 0.395 e. The van der Waals surface area contributed by atoms with Crippen LogP contribution in [-0.4, -0.2) is 38.8 Å². The van der Waals surface area contributed by atoms with Crippen LogP contribution in [-0.2, 0) is 6.54 Å². The Labute approximate surface area is 122 Å². The van der Waals surface area contributed by atoms with Gasteiger partial charge in [0.2, 0.25) is 0 Å². The molecule has 1 aromatic carbocycles. The van der Waals surface area contributed by atoms with Gasteiger partial charge in [-0.05, 0) is 31.5 Å². The lowest BCUT2D eigenvalue weighted by Crippen LogP contribution is -2.41. The highest BCUT2D eigenvalue weighted by atomic mass is 19.3. The van der Waals surface area contributed by atoms with Gasteiger partial charge < -0.3 is 5.11 Å². The summed E-state index contributed by atoms with van der Waals surface area (Å²) in [6.45, 7) is -1.37. The SMILES string of the molecule is OCC1CCCCN1Cc1nc2ccccc2n1C(F)F. The highest BCUT2D eigenvalue weighted by Gasteiger charge is 2.25. The van der Waals surface area contributed by atoms with Crippen LogP contribution < -0.4 is 0 Å². The van der Waals surface area contributed by atoms with Crippen molar-refractivity contribution in [3.05, 3.63) is 30.1 Å². The molecule has 2 heterocycles. The third-order valence-corrected chi connectivity index (χ3v) is 4.17. The molecule has 0 aliphatic carbocycles. The van der Waals surface area contributed by atoms with Crippen LogP contribution in [0.2, 0.25) is 0 Å². The zero-order chi connectivity index (χ0) is 14.8. The summed E-state index contributed by atoms with van der Waals surface area (Å²) in [4.78, 5) is 6.42. The van der Waals surface area contributed by atoms with E-state index < -0.39 is 6.55 Å². The lowest BCUT2D eigenvalue weighted by atomic mass is 10.0. The van der Waals surface area contributed by atoms with Crippen molar-refractivity contribution < 1.29 is 13.9 Å². The number of likely N-dealkylation sites (tertiary alicyclic amines) is 1. The van der Waals surface area contributed by atoms with E-state index in [-0.39, 0.29) is 12.6 Å². The minimum Gasteiger partial charge on any atom is -0.395 e. The Morgan fingerprint density at radius 3 is 2.86 bits per heavy atom. The second-order valence-electron chi connectivity index (χ2n) is 5.47. The molecule has 4 nitrogen and oxygen atoms in total. The van der Waals surface area contributed by atoms with Gasteiger partial charge in [-0.15, -0.1) is 0 Å². The van der Waals surface area contributed by atoms with E-state index in [0.29, 0.717) is 23.4 Å². The summed E-state index contributed by atoms with van der Waals surface area (Å²) in [7, 11) is 0. The van der Waals surface area contributed by atoms with Crippen LogP contribution in [0.15, 0.2) is 24.3 Å². The number of halogens is 2. The van der Waals surface area contributed by atoms with Crippen LogP contribution in [0, 0.1) is 0 Å². The Kier molecular flexibility index (Phi) is 4.17. The molecule has 1 unspecified atom stereocenters. The van der Waals surface area contributed by atoms with Crippen molar-refractivity contribution in [1.29, 1.82) is 0 Å². The van der Waals surface area contributed by atoms with Gasteiger partial charge in [-0.25, -0.2) is 4.98 Å². The molecule has 0 saturated carbocycles. The van der Waals surface area contributed by atoms with Crippen molar-refractivity contribution in [2.75, 3.05) is 13.2 Å². The fourth-order valence-electron chi connectivity index (χ4n) is 3.08. The summed E-state index contributed by atoms with van der Waals surface area (Å²) in [6, 6.07) is 7.00. The van der Waals surface area contributed by atoms with E-state index in [0.717, 1.165) is 30.4 Å². The van der Waals surface area contributed by atoms with Crippen LogP contribution in [0.1, 0.15) is 31.6 Å². The number of aromatic nitrogens is 2. The van der Waals surface area contributed by atoms with E-state index in [1.165, 1.54) is 0 Å². The standard InChI is InChI=1S/C15H19F2N3O/c16-15(17)20-13-7-2-1-6-12(13)18-14(20)9-19-8-4-3-5-11(19)10-21/h1-2,6-7,11,15,21H,3-5,8-10H2. The fourth-order valence-corrected chi connectivity index (χ4v) is 3.08. The molecule has 2 aromatic rings. The van der Waals surface area contributed by atoms with E-state index in [4.69, 9.17) is 0 Å². The molecule has 1 atom stereocenters. The summed E-state index contributed by atoms with van der Waals surface area (Å²) in [5.41, 5.74) is 1.05. The lowest BCUT2D eigenvalue weighted by Gasteiger charge is -2.34. The quantitative estimate of drug-likeness (QED) is 0.943. The maximum absolute atomic E-state index is 13.4. The molecule has 1 fully saturated rings. The van der Waals surface area contributed by atoms with Gasteiger partial charge in [-0.1, -0.05) is 18.6 Å². The molecule has 114 valence electrons. The number of piperidine rings is 1. The van der Waals surface area contributed by atoms with Crippen LogP contribution in [0.4, 0.5) is 8.78 Å². The molecule has 1 N–H and O–H groups in total. The molecule has 0 radical (unpaired) electrons. The van der Waals surface area contributed by atoms with Crippen LogP contribution in [0.25, 0.3) is 11.0 Å². The zero-order valence-corrected chi connectivity index (χ0v) is 11.8. The van der Waals surface area contributed by atoms with Crippen molar-refractivity contribution in [3.8, 4) is 0 Å². The van der Waals surface area contributed by atoms with Crippen molar-refractivity contribution in [3.63, 3.8) is 0 Å². The first-order valence-electron chi connectivity index (χ1n) is 7.29. The molecule has 1 aromatic heterocycles. The highest BCUT2D eigenvalue weighted by molar-refractivity contribution is 5.75. The molecule has 3 rings (SSSR count). The van der Waals surface area contributed by atoms with E-state index in [1.54, 1.807) is 24.3 Å². The number of benzene rings is 1. The van der Waals surface area contributed by atoms with E-state index in [2.05, 4.69) is 9.88 Å². The molecule has 0 spiro atoms. The minimum atomic E-state index is -2.61. The van der Waals surface area contributed by atoms with Gasteiger partial charge in [0.05, 0.1) is 24.2 Å². The molecule has 1 aliphatic rings. The van der Waals surface area contributed by atoms with Gasteiger partial charge in [0, 0.05) is 6.04 Å². The third kappa shape index (κ3) is 2.78. The van der Waals surface area contributed by atoms with Gasteiger partial charge in [-0.3, -0.25) is 9.47 Å². The minimum absolute atomic E-state index is 0.0460. The molecule has 1 saturated heterocycles. The number of nitrogens with zero attached hydrogens (tertiary/aromatic N) is 3. The molecule has 0 amide bonds. The number of fused-ring (bicyclic) bond motifs is 1. The second-order valence-corrected chi connectivity index (χ2v) is 5.47. The van der Waals surface area contributed by atoms with Gasteiger partial charge in [0.25, 0.3) is 0 Å². The highest BCUT2D eigenvalue weighted by Crippen LogP contribution is 2.26. The number of imidazole rings is 1. The number of aliphatic hydroxyl groups excluding tert-OH is 1. The number of aliphatic hydroxyl groups is 1. The van der Waals surface area contributed by atoms with Crippen molar-refractivity contribution in [1.82, 2.24) is 14.5 Å². The topological polar surface area (TPSA) is 41.3 Å². The Morgan fingerprint density at radius 1 is 1.29 bits per heavy atom. The molecular formula is C15H19F2N3O. The van der Waals surface area contributed by atoms with E-state index in [9.17, 15) is 13.9 Å². The first-order chi connectivity index (χ1) is 10.2. The Balaban J connectivity index is 1.94. The van der Waals surface area contributed by atoms with Gasteiger partial charge in [0.1, 0.15) is 5.82 Å². The summed E-state index contributed by atoms with van der Waals surface area (Å²) in [6.07, 6.45) is 3.02. The average molecular weight is 295 g/mol.